The van der Waals surface area contributed by atoms with Crippen molar-refractivity contribution in [3.63, 3.8) is 0 Å². The highest BCUT2D eigenvalue weighted by Crippen LogP contribution is 2.24. The second-order valence-corrected chi connectivity index (χ2v) is 8.55. The maximum absolute atomic E-state index is 12.5. The fourth-order valence-electron chi connectivity index (χ4n) is 2.22. The Morgan fingerprint density at radius 1 is 1.11 bits per heavy atom. The minimum atomic E-state index is -3.74. The van der Waals surface area contributed by atoms with Gasteiger partial charge in [-0.25, -0.2) is 8.42 Å². The molecule has 2 N–H and O–H groups in total. The Balaban J connectivity index is 2.00. The van der Waals surface area contributed by atoms with Gasteiger partial charge in [0.25, 0.3) is 10.0 Å². The lowest BCUT2D eigenvalue weighted by atomic mass is 10.1. The first kappa shape index (κ1) is 21.0. The summed E-state index contributed by atoms with van der Waals surface area (Å²) >= 11 is 5.99. The maximum atomic E-state index is 12.5. The number of carbonyl (C=O) groups excluding carboxylic acids is 1. The fraction of sp³-hybridized carbons (Fsp3) is 0.250. The minimum Gasteiger partial charge on any atom is -0.353 e. The van der Waals surface area contributed by atoms with Crippen LogP contribution in [-0.4, -0.2) is 20.9 Å². The van der Waals surface area contributed by atoms with Crippen molar-refractivity contribution in [1.29, 1.82) is 0 Å². The van der Waals surface area contributed by atoms with Crippen LogP contribution in [0.25, 0.3) is 6.08 Å². The second kappa shape index (κ2) is 9.58. The number of hydrogen-bond acceptors (Lipinski definition) is 3. The van der Waals surface area contributed by atoms with Gasteiger partial charge in [0, 0.05) is 12.6 Å². The largest absolute Gasteiger partial charge is 0.353 e. The number of benzene rings is 2. The molecule has 0 atom stereocenters. The van der Waals surface area contributed by atoms with Gasteiger partial charge >= 0.3 is 0 Å². The third-order valence-corrected chi connectivity index (χ3v) is 5.47. The average molecular weight is 407 g/mol. The zero-order valence-corrected chi connectivity index (χ0v) is 16.8. The third-order valence-electron chi connectivity index (χ3n) is 3.76. The van der Waals surface area contributed by atoms with E-state index in [1.165, 1.54) is 18.2 Å². The van der Waals surface area contributed by atoms with Crippen LogP contribution in [0.1, 0.15) is 25.8 Å². The van der Waals surface area contributed by atoms with Crippen molar-refractivity contribution >= 4 is 39.3 Å². The first-order chi connectivity index (χ1) is 12.8. The number of amides is 1. The van der Waals surface area contributed by atoms with E-state index >= 15 is 0 Å². The molecule has 2 rings (SSSR count). The Hall–Kier alpha value is -2.31. The molecular formula is C20H23ClN2O3S. The summed E-state index contributed by atoms with van der Waals surface area (Å²) in [5, 5.41) is 3.13. The van der Waals surface area contributed by atoms with Crippen molar-refractivity contribution < 1.29 is 13.2 Å². The zero-order valence-electron chi connectivity index (χ0n) is 15.3. The van der Waals surface area contributed by atoms with Crippen LogP contribution in [-0.2, 0) is 14.8 Å². The van der Waals surface area contributed by atoms with Gasteiger partial charge < -0.3 is 5.32 Å². The van der Waals surface area contributed by atoms with E-state index in [0.717, 1.165) is 12.0 Å². The summed E-state index contributed by atoms with van der Waals surface area (Å²) in [5.41, 5.74) is 1.05. The number of para-hydroxylation sites is 1. The van der Waals surface area contributed by atoms with Gasteiger partial charge in [-0.1, -0.05) is 49.7 Å². The van der Waals surface area contributed by atoms with Crippen LogP contribution in [0.15, 0.2) is 59.5 Å². The normalized spacial score (nSPS) is 11.7. The van der Waals surface area contributed by atoms with E-state index < -0.39 is 10.0 Å². The van der Waals surface area contributed by atoms with Crippen LogP contribution in [0, 0.1) is 5.92 Å². The molecule has 0 aliphatic heterocycles. The Morgan fingerprint density at radius 3 is 2.41 bits per heavy atom. The molecule has 0 aliphatic carbocycles. The Bertz CT molecular complexity index is 907. The van der Waals surface area contributed by atoms with E-state index in [-0.39, 0.29) is 10.8 Å². The monoisotopic (exact) mass is 406 g/mol. The number of anilines is 1. The van der Waals surface area contributed by atoms with Crippen molar-refractivity contribution in [3.05, 3.63) is 65.2 Å². The minimum absolute atomic E-state index is 0.112. The molecule has 0 radical (unpaired) electrons. The van der Waals surface area contributed by atoms with Crippen molar-refractivity contribution in [3.8, 4) is 0 Å². The van der Waals surface area contributed by atoms with E-state index in [0.29, 0.717) is 23.2 Å². The van der Waals surface area contributed by atoms with Crippen LogP contribution < -0.4 is 10.0 Å². The predicted molar refractivity (Wildman–Crippen MR) is 110 cm³/mol. The zero-order chi connectivity index (χ0) is 19.9. The summed E-state index contributed by atoms with van der Waals surface area (Å²) in [5.74, 6) is 0.357. The lowest BCUT2D eigenvalue weighted by Gasteiger charge is -2.09. The third kappa shape index (κ3) is 6.73. The highest BCUT2D eigenvalue weighted by atomic mass is 35.5. The van der Waals surface area contributed by atoms with Gasteiger partial charge in [0.05, 0.1) is 15.6 Å². The lowest BCUT2D eigenvalue weighted by Crippen LogP contribution is -2.23. The van der Waals surface area contributed by atoms with E-state index in [4.69, 9.17) is 11.6 Å². The molecule has 0 saturated heterocycles. The highest BCUT2D eigenvalue weighted by molar-refractivity contribution is 7.92. The second-order valence-electron chi connectivity index (χ2n) is 6.46. The summed E-state index contributed by atoms with van der Waals surface area (Å²) < 4.78 is 27.4. The Morgan fingerprint density at radius 2 is 1.78 bits per heavy atom. The molecule has 2 aromatic rings. The summed E-state index contributed by atoms with van der Waals surface area (Å²) in [4.78, 5) is 11.9. The van der Waals surface area contributed by atoms with Crippen molar-refractivity contribution in [2.24, 2.45) is 5.92 Å². The molecule has 0 aliphatic rings. The maximum Gasteiger partial charge on any atom is 0.261 e. The first-order valence-corrected chi connectivity index (χ1v) is 10.5. The van der Waals surface area contributed by atoms with Gasteiger partial charge in [-0.3, -0.25) is 9.52 Å². The van der Waals surface area contributed by atoms with Gasteiger partial charge in [0.1, 0.15) is 0 Å². The summed E-state index contributed by atoms with van der Waals surface area (Å²) in [6.45, 7) is 4.82. The Labute approximate surface area is 165 Å². The number of rotatable bonds is 8. The summed E-state index contributed by atoms with van der Waals surface area (Å²) in [6.07, 6.45) is 4.00. The molecule has 2 aromatic carbocycles. The number of hydrogen-bond donors (Lipinski definition) is 2. The number of halogens is 1. The number of carbonyl (C=O) groups is 1. The molecule has 0 fully saturated rings. The smallest absolute Gasteiger partial charge is 0.261 e. The van der Waals surface area contributed by atoms with E-state index in [1.54, 1.807) is 42.5 Å². The molecule has 0 heterocycles. The quantitative estimate of drug-likeness (QED) is 0.641. The van der Waals surface area contributed by atoms with Crippen LogP contribution >= 0.6 is 11.6 Å². The van der Waals surface area contributed by atoms with Crippen LogP contribution in [0.4, 0.5) is 5.69 Å². The van der Waals surface area contributed by atoms with Crippen molar-refractivity contribution in [1.82, 2.24) is 5.32 Å². The van der Waals surface area contributed by atoms with Crippen LogP contribution in [0.3, 0.4) is 0 Å². The number of nitrogens with one attached hydrogen (secondary N) is 2. The van der Waals surface area contributed by atoms with Crippen molar-refractivity contribution in [2.45, 2.75) is 25.2 Å². The topological polar surface area (TPSA) is 75.3 Å². The standard InChI is InChI=1S/C20H23ClN2O3S/c1-15(2)13-14-22-20(24)12-9-16-7-10-17(11-8-16)27(25,26)23-19-6-4-3-5-18(19)21/h3-12,15,23H,13-14H2,1-2H3,(H,22,24)/b12-9+. The molecule has 144 valence electrons. The molecule has 0 saturated carbocycles. The van der Waals surface area contributed by atoms with Crippen molar-refractivity contribution in [2.75, 3.05) is 11.3 Å². The van der Waals surface area contributed by atoms with E-state index in [9.17, 15) is 13.2 Å². The van der Waals surface area contributed by atoms with Gasteiger partial charge in [-0.15, -0.1) is 0 Å². The molecule has 0 bridgehead atoms. The van der Waals surface area contributed by atoms with E-state index in [2.05, 4.69) is 23.9 Å². The summed E-state index contributed by atoms with van der Waals surface area (Å²) in [6, 6.07) is 12.9. The molecule has 0 spiro atoms. The van der Waals surface area contributed by atoms with Gasteiger partial charge in [-0.05, 0) is 48.2 Å². The van der Waals surface area contributed by atoms with Gasteiger partial charge in [-0.2, -0.15) is 0 Å². The Kier molecular flexibility index (Phi) is 7.45. The predicted octanol–water partition coefficient (Wildman–Crippen LogP) is 4.32. The number of sulfonamides is 1. The van der Waals surface area contributed by atoms with Crippen LogP contribution in [0.5, 0.6) is 0 Å². The molecule has 27 heavy (non-hydrogen) atoms. The highest BCUT2D eigenvalue weighted by Gasteiger charge is 2.15. The summed E-state index contributed by atoms with van der Waals surface area (Å²) in [7, 11) is -3.74. The van der Waals surface area contributed by atoms with E-state index in [1.807, 2.05) is 0 Å². The van der Waals surface area contributed by atoms with Gasteiger partial charge in [0.15, 0.2) is 0 Å². The fourth-order valence-corrected chi connectivity index (χ4v) is 3.54. The molecule has 7 heteroatoms. The van der Waals surface area contributed by atoms with Gasteiger partial charge in [0.2, 0.25) is 5.91 Å². The molecule has 1 amide bonds. The molecule has 0 unspecified atom stereocenters. The molecule has 0 aromatic heterocycles. The molecule has 5 nitrogen and oxygen atoms in total. The SMILES string of the molecule is CC(C)CCNC(=O)/C=C/c1ccc(S(=O)(=O)Nc2ccccc2Cl)cc1. The lowest BCUT2D eigenvalue weighted by molar-refractivity contribution is -0.116. The average Bonchev–Trinajstić information content (AvgIpc) is 2.62. The molecular weight excluding hydrogens is 384 g/mol. The first-order valence-electron chi connectivity index (χ1n) is 8.61. The van der Waals surface area contributed by atoms with Crippen LogP contribution in [0.2, 0.25) is 5.02 Å².